The molecule has 3 aromatic rings. The van der Waals surface area contributed by atoms with Crippen molar-refractivity contribution in [1.29, 1.82) is 0 Å². The zero-order chi connectivity index (χ0) is 25.5. The maximum Gasteiger partial charge on any atom is 0.335 e. The van der Waals surface area contributed by atoms with E-state index in [1.54, 1.807) is 36.3 Å². The number of aliphatic imine (C=N–C) groups is 1. The zero-order valence-corrected chi connectivity index (χ0v) is 20.8. The molecule has 36 heavy (non-hydrogen) atoms. The van der Waals surface area contributed by atoms with Gasteiger partial charge in [-0.05, 0) is 72.3 Å². The van der Waals surface area contributed by atoms with E-state index in [2.05, 4.69) is 0 Å². The van der Waals surface area contributed by atoms with Crippen LogP contribution in [-0.2, 0) is 11.4 Å². The van der Waals surface area contributed by atoms with E-state index in [0.717, 1.165) is 29.0 Å². The highest BCUT2D eigenvalue weighted by Crippen LogP contribution is 2.36. The number of amides is 1. The highest BCUT2D eigenvalue weighted by atomic mass is 32.2. The van der Waals surface area contributed by atoms with Crippen LogP contribution in [0.1, 0.15) is 34.8 Å². The fourth-order valence-electron chi connectivity index (χ4n) is 3.56. The number of nitrogens with zero attached hydrogens (tertiary/aromatic N) is 2. The predicted molar refractivity (Wildman–Crippen MR) is 142 cm³/mol. The van der Waals surface area contributed by atoms with Crippen LogP contribution in [0.2, 0.25) is 0 Å². The van der Waals surface area contributed by atoms with Gasteiger partial charge in [0, 0.05) is 12.1 Å². The summed E-state index contributed by atoms with van der Waals surface area (Å²) in [4.78, 5) is 31.3. The second-order valence-corrected chi connectivity index (χ2v) is 9.00. The molecule has 3 aromatic carbocycles. The van der Waals surface area contributed by atoms with Crippen molar-refractivity contribution >= 4 is 40.6 Å². The topological polar surface area (TPSA) is 88.4 Å². The Balaban J connectivity index is 1.55. The van der Waals surface area contributed by atoms with Crippen LogP contribution in [0.5, 0.6) is 11.5 Å². The standard InChI is InChI=1S/C28H26N2O5S/c1-3-16-30-26(31)25(36-28(30)29-22-12-14-23(34-2)15-13-22)17-21-6-4-5-7-24(21)35-18-19-8-10-20(11-9-19)27(32)33/h4-15,17H,3,16,18H2,1-2H3,(H,32,33)/b25-17-,29-28?. The molecule has 0 spiro atoms. The maximum atomic E-state index is 13.2. The molecular weight excluding hydrogens is 476 g/mol. The zero-order valence-electron chi connectivity index (χ0n) is 20.0. The summed E-state index contributed by atoms with van der Waals surface area (Å²) in [5.41, 5.74) is 2.59. The third kappa shape index (κ3) is 5.95. The molecule has 4 rings (SSSR count). The number of hydrogen-bond donors (Lipinski definition) is 1. The summed E-state index contributed by atoms with van der Waals surface area (Å²) in [6.07, 6.45) is 2.64. The molecule has 1 N–H and O–H groups in total. The van der Waals surface area contributed by atoms with Crippen LogP contribution >= 0.6 is 11.8 Å². The second-order valence-electron chi connectivity index (χ2n) is 7.99. The number of hydrogen-bond acceptors (Lipinski definition) is 6. The number of para-hydroxylation sites is 1. The molecule has 1 aliphatic rings. The predicted octanol–water partition coefficient (Wildman–Crippen LogP) is 5.99. The fraction of sp³-hybridized carbons (Fsp3) is 0.179. The Kier molecular flexibility index (Phi) is 8.07. The number of aromatic carboxylic acids is 1. The molecule has 0 saturated carbocycles. The number of ether oxygens (including phenoxy) is 2. The van der Waals surface area contributed by atoms with Gasteiger partial charge < -0.3 is 14.6 Å². The lowest BCUT2D eigenvalue weighted by Crippen LogP contribution is -2.29. The Labute approximate surface area is 214 Å². The Morgan fingerprint density at radius 2 is 1.78 bits per heavy atom. The quantitative estimate of drug-likeness (QED) is 0.362. The van der Waals surface area contributed by atoms with Crippen molar-refractivity contribution in [3.63, 3.8) is 0 Å². The molecule has 1 aliphatic heterocycles. The van der Waals surface area contributed by atoms with E-state index in [1.807, 2.05) is 61.5 Å². The van der Waals surface area contributed by atoms with Gasteiger partial charge in [-0.1, -0.05) is 37.3 Å². The molecule has 0 aliphatic carbocycles. The minimum absolute atomic E-state index is 0.0897. The first-order valence-electron chi connectivity index (χ1n) is 11.5. The van der Waals surface area contributed by atoms with Crippen LogP contribution in [0.15, 0.2) is 82.7 Å². The first-order chi connectivity index (χ1) is 17.5. The third-order valence-electron chi connectivity index (χ3n) is 5.43. The van der Waals surface area contributed by atoms with Gasteiger partial charge in [0.2, 0.25) is 0 Å². The molecule has 184 valence electrons. The van der Waals surface area contributed by atoms with Crippen LogP contribution in [0.4, 0.5) is 5.69 Å². The molecular formula is C28H26N2O5S. The average molecular weight is 503 g/mol. The molecule has 0 bridgehead atoms. The molecule has 0 atom stereocenters. The minimum Gasteiger partial charge on any atom is -0.497 e. The summed E-state index contributed by atoms with van der Waals surface area (Å²) in [6, 6.07) is 21.4. The third-order valence-corrected chi connectivity index (χ3v) is 6.44. The highest BCUT2D eigenvalue weighted by Gasteiger charge is 2.33. The number of thioether (sulfide) groups is 1. The first kappa shape index (κ1) is 25.1. The molecule has 1 saturated heterocycles. The van der Waals surface area contributed by atoms with Crippen molar-refractivity contribution in [2.24, 2.45) is 4.99 Å². The molecule has 0 aromatic heterocycles. The molecule has 1 amide bonds. The lowest BCUT2D eigenvalue weighted by molar-refractivity contribution is -0.122. The van der Waals surface area contributed by atoms with E-state index < -0.39 is 5.97 Å². The average Bonchev–Trinajstić information content (AvgIpc) is 3.18. The number of rotatable bonds is 9. The van der Waals surface area contributed by atoms with Crippen molar-refractivity contribution in [3.8, 4) is 11.5 Å². The summed E-state index contributed by atoms with van der Waals surface area (Å²) in [6.45, 7) is 2.87. The van der Waals surface area contributed by atoms with E-state index in [1.165, 1.54) is 11.8 Å². The highest BCUT2D eigenvalue weighted by molar-refractivity contribution is 8.18. The van der Waals surface area contributed by atoms with Crippen molar-refractivity contribution in [2.75, 3.05) is 13.7 Å². The van der Waals surface area contributed by atoms with Gasteiger partial charge in [0.05, 0.1) is 23.3 Å². The Bertz CT molecular complexity index is 1300. The molecule has 0 unspecified atom stereocenters. The van der Waals surface area contributed by atoms with Crippen LogP contribution in [-0.4, -0.2) is 40.7 Å². The van der Waals surface area contributed by atoms with Gasteiger partial charge in [-0.3, -0.25) is 9.69 Å². The van der Waals surface area contributed by atoms with Gasteiger partial charge in [-0.15, -0.1) is 0 Å². The molecule has 1 heterocycles. The van der Waals surface area contributed by atoms with E-state index >= 15 is 0 Å². The van der Waals surface area contributed by atoms with E-state index in [9.17, 15) is 9.59 Å². The largest absolute Gasteiger partial charge is 0.497 e. The summed E-state index contributed by atoms with van der Waals surface area (Å²) < 4.78 is 11.2. The normalized spacial score (nSPS) is 15.5. The van der Waals surface area contributed by atoms with Gasteiger partial charge in [0.15, 0.2) is 5.17 Å². The number of carboxylic acid groups (broad SMARTS) is 1. The maximum absolute atomic E-state index is 13.2. The van der Waals surface area contributed by atoms with Crippen LogP contribution in [0.3, 0.4) is 0 Å². The number of benzene rings is 3. The fourth-order valence-corrected chi connectivity index (χ4v) is 4.57. The van der Waals surface area contributed by atoms with Gasteiger partial charge in [-0.25, -0.2) is 9.79 Å². The summed E-state index contributed by atoms with van der Waals surface area (Å²) >= 11 is 1.34. The number of carboxylic acids is 1. The first-order valence-corrected chi connectivity index (χ1v) is 12.3. The Morgan fingerprint density at radius 1 is 1.06 bits per heavy atom. The van der Waals surface area contributed by atoms with Gasteiger partial charge in [0.1, 0.15) is 18.1 Å². The van der Waals surface area contributed by atoms with E-state index in [4.69, 9.17) is 19.6 Å². The smallest absolute Gasteiger partial charge is 0.335 e. The SMILES string of the molecule is CCCN1C(=O)/C(=C/c2ccccc2OCc2ccc(C(=O)O)cc2)SC1=Nc1ccc(OC)cc1. The Hall–Kier alpha value is -4.04. The minimum atomic E-state index is -0.967. The van der Waals surface area contributed by atoms with Crippen LogP contribution < -0.4 is 9.47 Å². The number of amidine groups is 1. The van der Waals surface area contributed by atoms with Crippen LogP contribution in [0, 0.1) is 0 Å². The van der Waals surface area contributed by atoms with Crippen molar-refractivity contribution in [2.45, 2.75) is 20.0 Å². The number of carbonyl (C=O) groups excluding carboxylic acids is 1. The lowest BCUT2D eigenvalue weighted by atomic mass is 10.1. The van der Waals surface area contributed by atoms with E-state index in [0.29, 0.717) is 22.4 Å². The van der Waals surface area contributed by atoms with Crippen molar-refractivity contribution in [1.82, 2.24) is 4.90 Å². The summed E-state index contributed by atoms with van der Waals surface area (Å²) in [5.74, 6) is 0.316. The molecule has 8 heteroatoms. The molecule has 7 nitrogen and oxygen atoms in total. The Morgan fingerprint density at radius 3 is 2.44 bits per heavy atom. The molecule has 1 fully saturated rings. The molecule has 0 radical (unpaired) electrons. The second kappa shape index (κ2) is 11.6. The lowest BCUT2D eigenvalue weighted by Gasteiger charge is -2.14. The van der Waals surface area contributed by atoms with Gasteiger partial charge in [-0.2, -0.15) is 0 Å². The van der Waals surface area contributed by atoms with Crippen molar-refractivity contribution in [3.05, 3.63) is 94.4 Å². The summed E-state index contributed by atoms with van der Waals surface area (Å²) in [7, 11) is 1.61. The van der Waals surface area contributed by atoms with Gasteiger partial charge >= 0.3 is 5.97 Å². The van der Waals surface area contributed by atoms with Gasteiger partial charge in [0.25, 0.3) is 5.91 Å². The van der Waals surface area contributed by atoms with Crippen molar-refractivity contribution < 1.29 is 24.2 Å². The summed E-state index contributed by atoms with van der Waals surface area (Å²) in [5, 5.41) is 9.70. The van der Waals surface area contributed by atoms with E-state index in [-0.39, 0.29) is 18.1 Å². The number of methoxy groups -OCH3 is 1. The van der Waals surface area contributed by atoms with Crippen LogP contribution in [0.25, 0.3) is 6.08 Å². The monoisotopic (exact) mass is 502 g/mol. The number of carbonyl (C=O) groups is 2.